The van der Waals surface area contributed by atoms with Crippen molar-refractivity contribution < 1.29 is 19.2 Å². The van der Waals surface area contributed by atoms with E-state index in [0.29, 0.717) is 26.2 Å². The topological polar surface area (TPSA) is 78.0 Å². The lowest BCUT2D eigenvalue weighted by molar-refractivity contribution is -0.143. The van der Waals surface area contributed by atoms with Crippen molar-refractivity contribution in [3.8, 4) is 0 Å². The molecule has 2 atom stereocenters. The fourth-order valence-corrected chi connectivity index (χ4v) is 4.58. The Kier molecular flexibility index (Phi) is 4.71. The molecule has 4 aliphatic rings. The van der Waals surface area contributed by atoms with Gasteiger partial charge in [-0.25, -0.2) is 0 Å². The molecule has 4 amide bonds. The average molecular weight is 361 g/mol. The summed E-state index contributed by atoms with van der Waals surface area (Å²) >= 11 is 0. The van der Waals surface area contributed by atoms with Crippen molar-refractivity contribution in [3.63, 3.8) is 0 Å². The van der Waals surface area contributed by atoms with Crippen LogP contribution in [0.1, 0.15) is 44.9 Å². The number of hydrogen-bond donors (Lipinski definition) is 0. The van der Waals surface area contributed by atoms with E-state index in [-0.39, 0.29) is 54.3 Å². The lowest BCUT2D eigenvalue weighted by atomic mass is 9.81. The predicted molar refractivity (Wildman–Crippen MR) is 92.7 cm³/mol. The molecule has 0 aromatic rings. The molecule has 2 saturated carbocycles. The first-order valence-electron chi connectivity index (χ1n) is 9.98. The van der Waals surface area contributed by atoms with Crippen molar-refractivity contribution >= 4 is 23.6 Å². The van der Waals surface area contributed by atoms with Crippen molar-refractivity contribution in [2.75, 3.05) is 32.7 Å². The van der Waals surface area contributed by atoms with E-state index in [1.807, 2.05) is 4.90 Å². The monoisotopic (exact) mass is 361 g/mol. The van der Waals surface area contributed by atoms with Crippen molar-refractivity contribution in [1.29, 1.82) is 0 Å². The Morgan fingerprint density at radius 2 is 1.35 bits per heavy atom. The van der Waals surface area contributed by atoms with Gasteiger partial charge in [0.15, 0.2) is 0 Å². The minimum absolute atomic E-state index is 0.0287. The molecule has 4 fully saturated rings. The second kappa shape index (κ2) is 7.00. The quantitative estimate of drug-likeness (QED) is 0.688. The van der Waals surface area contributed by atoms with Gasteiger partial charge in [-0.05, 0) is 25.7 Å². The molecule has 2 saturated heterocycles. The molecule has 2 aliphatic carbocycles. The minimum atomic E-state index is -0.150. The smallest absolute Gasteiger partial charge is 0.233 e. The molecule has 2 heterocycles. The molecule has 7 heteroatoms. The Labute approximate surface area is 153 Å². The molecule has 7 nitrogen and oxygen atoms in total. The number of carbonyl (C=O) groups excluding carboxylic acids is 4. The molecule has 0 aromatic heterocycles. The highest BCUT2D eigenvalue weighted by Gasteiger charge is 2.48. The van der Waals surface area contributed by atoms with Crippen LogP contribution in [0.3, 0.4) is 0 Å². The van der Waals surface area contributed by atoms with E-state index in [1.54, 1.807) is 4.90 Å². The highest BCUT2D eigenvalue weighted by Crippen LogP contribution is 2.38. The van der Waals surface area contributed by atoms with Crippen LogP contribution in [-0.4, -0.2) is 71.1 Å². The van der Waals surface area contributed by atoms with Gasteiger partial charge in [-0.1, -0.05) is 12.8 Å². The maximum absolute atomic E-state index is 12.5. The summed E-state index contributed by atoms with van der Waals surface area (Å²) in [6.07, 6.45) is 5.81. The number of imide groups is 1. The van der Waals surface area contributed by atoms with Crippen LogP contribution in [-0.2, 0) is 19.2 Å². The van der Waals surface area contributed by atoms with Crippen LogP contribution in [0.25, 0.3) is 0 Å². The van der Waals surface area contributed by atoms with Gasteiger partial charge >= 0.3 is 0 Å². The molecular formula is C19H27N3O4. The van der Waals surface area contributed by atoms with E-state index in [9.17, 15) is 19.2 Å². The van der Waals surface area contributed by atoms with Gasteiger partial charge in [0.1, 0.15) is 0 Å². The molecule has 0 bridgehead atoms. The molecule has 0 aromatic carbocycles. The maximum atomic E-state index is 12.5. The second-order valence-electron chi connectivity index (χ2n) is 8.06. The zero-order valence-corrected chi connectivity index (χ0v) is 15.2. The number of amides is 4. The number of piperazine rings is 1. The van der Waals surface area contributed by atoms with Crippen LogP contribution >= 0.6 is 0 Å². The summed E-state index contributed by atoms with van der Waals surface area (Å²) < 4.78 is 0. The molecule has 142 valence electrons. The van der Waals surface area contributed by atoms with Gasteiger partial charge in [-0.3, -0.25) is 24.1 Å². The first-order chi connectivity index (χ1) is 12.6. The molecule has 2 unspecified atom stereocenters. The Bertz CT molecular complexity index is 598. The van der Waals surface area contributed by atoms with E-state index in [1.165, 1.54) is 4.90 Å². The van der Waals surface area contributed by atoms with E-state index < -0.39 is 0 Å². The Morgan fingerprint density at radius 1 is 0.808 bits per heavy atom. The number of rotatable bonds is 4. The third-order valence-electron chi connectivity index (χ3n) is 6.35. The lowest BCUT2D eigenvalue weighted by Crippen LogP contribution is -2.51. The van der Waals surface area contributed by atoms with E-state index in [0.717, 1.165) is 38.5 Å². The second-order valence-corrected chi connectivity index (χ2v) is 8.06. The first-order valence-corrected chi connectivity index (χ1v) is 9.98. The van der Waals surface area contributed by atoms with Gasteiger partial charge in [0.05, 0.1) is 11.8 Å². The molecule has 0 radical (unpaired) electrons. The Morgan fingerprint density at radius 3 is 1.88 bits per heavy atom. The number of hydrogen-bond acceptors (Lipinski definition) is 4. The lowest BCUT2D eigenvalue weighted by Gasteiger charge is -2.35. The van der Waals surface area contributed by atoms with Gasteiger partial charge in [0.25, 0.3) is 0 Å². The van der Waals surface area contributed by atoms with Gasteiger partial charge in [0, 0.05) is 45.1 Å². The van der Waals surface area contributed by atoms with E-state index in [4.69, 9.17) is 0 Å². The number of fused-ring (bicyclic) bond motifs is 1. The van der Waals surface area contributed by atoms with Crippen LogP contribution in [0.15, 0.2) is 0 Å². The van der Waals surface area contributed by atoms with E-state index in [2.05, 4.69) is 0 Å². The summed E-state index contributed by atoms with van der Waals surface area (Å²) in [7, 11) is 0. The number of nitrogens with zero attached hydrogens (tertiary/aromatic N) is 3. The third kappa shape index (κ3) is 3.23. The largest absolute Gasteiger partial charge is 0.339 e. The zero-order valence-electron chi connectivity index (χ0n) is 15.2. The van der Waals surface area contributed by atoms with Crippen molar-refractivity contribution in [2.24, 2.45) is 17.8 Å². The first kappa shape index (κ1) is 17.5. The summed E-state index contributed by atoms with van der Waals surface area (Å²) in [5.74, 6) is -0.0358. The summed E-state index contributed by atoms with van der Waals surface area (Å²) in [6.45, 7) is 2.47. The Balaban J connectivity index is 1.26. The van der Waals surface area contributed by atoms with Gasteiger partial charge in [-0.2, -0.15) is 0 Å². The van der Waals surface area contributed by atoms with Crippen LogP contribution in [0.2, 0.25) is 0 Å². The molecule has 0 spiro atoms. The van der Waals surface area contributed by atoms with Crippen LogP contribution in [0, 0.1) is 17.8 Å². The van der Waals surface area contributed by atoms with Crippen molar-refractivity contribution in [1.82, 2.24) is 14.7 Å². The van der Waals surface area contributed by atoms with Gasteiger partial charge in [0.2, 0.25) is 23.6 Å². The highest BCUT2D eigenvalue weighted by atomic mass is 16.2. The number of likely N-dealkylation sites (tertiary alicyclic amines) is 1. The number of carbonyl (C=O) groups is 4. The van der Waals surface area contributed by atoms with Crippen LogP contribution in [0.5, 0.6) is 0 Å². The SMILES string of the molecule is O=C(CCN1C(=O)C2CCCCC2C1=O)N1CCN(C(=O)C2CC2)CC1. The predicted octanol–water partition coefficient (Wildman–Crippen LogP) is 0.633. The summed E-state index contributed by atoms with van der Waals surface area (Å²) in [5, 5.41) is 0. The normalized spacial score (nSPS) is 29.2. The fourth-order valence-electron chi connectivity index (χ4n) is 4.58. The molecule has 4 rings (SSSR count). The minimum Gasteiger partial charge on any atom is -0.339 e. The van der Waals surface area contributed by atoms with E-state index >= 15 is 0 Å². The molecule has 0 N–H and O–H groups in total. The van der Waals surface area contributed by atoms with Gasteiger partial charge in [-0.15, -0.1) is 0 Å². The van der Waals surface area contributed by atoms with Crippen LogP contribution in [0.4, 0.5) is 0 Å². The van der Waals surface area contributed by atoms with Crippen molar-refractivity contribution in [3.05, 3.63) is 0 Å². The third-order valence-corrected chi connectivity index (χ3v) is 6.35. The van der Waals surface area contributed by atoms with Crippen molar-refractivity contribution in [2.45, 2.75) is 44.9 Å². The molecule has 26 heavy (non-hydrogen) atoms. The van der Waals surface area contributed by atoms with Crippen LogP contribution < -0.4 is 0 Å². The standard InChI is InChI=1S/C19H27N3O4/c23-16(20-9-11-21(12-10-20)17(24)13-5-6-13)7-8-22-18(25)14-3-1-2-4-15(14)19(22)26/h13-15H,1-12H2. The van der Waals surface area contributed by atoms with Gasteiger partial charge < -0.3 is 9.80 Å². The summed E-state index contributed by atoms with van der Waals surface area (Å²) in [4.78, 5) is 54.4. The fraction of sp³-hybridized carbons (Fsp3) is 0.789. The molecule has 2 aliphatic heterocycles. The molecular weight excluding hydrogens is 334 g/mol. The average Bonchev–Trinajstić information content (AvgIpc) is 3.49. The summed E-state index contributed by atoms with van der Waals surface area (Å²) in [6, 6.07) is 0. The zero-order chi connectivity index (χ0) is 18.3. The highest BCUT2D eigenvalue weighted by molar-refractivity contribution is 6.05. The Hall–Kier alpha value is -1.92. The maximum Gasteiger partial charge on any atom is 0.233 e. The summed E-state index contributed by atoms with van der Waals surface area (Å²) in [5.41, 5.74) is 0.